The lowest BCUT2D eigenvalue weighted by Crippen LogP contribution is -2.34. The van der Waals surface area contributed by atoms with E-state index in [9.17, 15) is 13.2 Å². The Morgan fingerprint density at radius 2 is 1.70 bits per heavy atom. The molecule has 2 rings (SSSR count). The molecule has 0 saturated heterocycles. The normalized spacial score (nSPS) is 11.6. The third-order valence-electron chi connectivity index (χ3n) is 4.43. The van der Waals surface area contributed by atoms with Gasteiger partial charge in [-0.05, 0) is 44.2 Å². The molecule has 0 unspecified atom stereocenters. The van der Waals surface area contributed by atoms with Crippen LogP contribution in [0, 0.1) is 0 Å². The number of carbonyl (C=O) groups is 1. The summed E-state index contributed by atoms with van der Waals surface area (Å²) < 4.78 is 26.5. The first-order valence-corrected chi connectivity index (χ1v) is 10.3. The Labute approximate surface area is 161 Å². The molecule has 0 atom stereocenters. The van der Waals surface area contributed by atoms with Crippen molar-refractivity contribution in [1.29, 1.82) is 0 Å². The second-order valence-electron chi connectivity index (χ2n) is 6.66. The molecule has 1 amide bonds. The van der Waals surface area contributed by atoms with E-state index in [0.29, 0.717) is 18.7 Å². The summed E-state index contributed by atoms with van der Waals surface area (Å²) in [5.74, 6) is -0.291. The highest BCUT2D eigenvalue weighted by molar-refractivity contribution is 7.89. The van der Waals surface area contributed by atoms with Gasteiger partial charge in [-0.1, -0.05) is 24.3 Å². The number of anilines is 1. The van der Waals surface area contributed by atoms with E-state index in [4.69, 9.17) is 0 Å². The number of nitrogens with zero attached hydrogens (tertiary/aromatic N) is 2. The van der Waals surface area contributed by atoms with Crippen molar-refractivity contribution in [1.82, 2.24) is 9.62 Å². The van der Waals surface area contributed by atoms with Crippen molar-refractivity contribution in [2.75, 3.05) is 32.1 Å². The molecular weight excluding hydrogens is 362 g/mol. The van der Waals surface area contributed by atoms with Crippen LogP contribution in [0.25, 0.3) is 0 Å². The number of amides is 1. The maximum atomic E-state index is 12.6. The number of carbonyl (C=O) groups excluding carboxylic acids is 1. The number of benzene rings is 2. The number of rotatable bonds is 8. The van der Waals surface area contributed by atoms with Gasteiger partial charge in [0.05, 0.1) is 4.90 Å². The molecule has 0 aliphatic carbocycles. The highest BCUT2D eigenvalue weighted by Gasteiger charge is 2.23. The fourth-order valence-corrected chi connectivity index (χ4v) is 3.91. The Kier molecular flexibility index (Phi) is 6.98. The predicted octanol–water partition coefficient (Wildman–Crippen LogP) is 2.58. The SMILES string of the molecule is CC(C)N(C)S(=O)(=O)c1cccc(C(=O)NCCN(C)c2ccccc2)c1. The lowest BCUT2D eigenvalue weighted by atomic mass is 10.2. The van der Waals surface area contributed by atoms with Crippen LogP contribution in [0.5, 0.6) is 0 Å². The van der Waals surface area contributed by atoms with Crippen molar-refractivity contribution in [2.24, 2.45) is 0 Å². The number of nitrogens with one attached hydrogen (secondary N) is 1. The Hall–Kier alpha value is -2.38. The molecule has 2 aromatic rings. The van der Waals surface area contributed by atoms with Crippen LogP contribution >= 0.6 is 0 Å². The lowest BCUT2D eigenvalue weighted by molar-refractivity contribution is 0.0954. The Morgan fingerprint density at radius 3 is 2.33 bits per heavy atom. The van der Waals surface area contributed by atoms with Gasteiger partial charge in [-0.15, -0.1) is 0 Å². The van der Waals surface area contributed by atoms with Gasteiger partial charge < -0.3 is 10.2 Å². The molecule has 0 fully saturated rings. The van der Waals surface area contributed by atoms with Crippen molar-refractivity contribution < 1.29 is 13.2 Å². The summed E-state index contributed by atoms with van der Waals surface area (Å²) in [6.07, 6.45) is 0. The number of hydrogen-bond donors (Lipinski definition) is 1. The minimum atomic E-state index is -3.62. The highest BCUT2D eigenvalue weighted by Crippen LogP contribution is 2.18. The van der Waals surface area contributed by atoms with Crippen LogP contribution in [-0.2, 0) is 10.0 Å². The van der Waals surface area contributed by atoms with E-state index in [1.54, 1.807) is 26.0 Å². The molecule has 6 nitrogen and oxygen atoms in total. The second kappa shape index (κ2) is 9.01. The first-order valence-electron chi connectivity index (χ1n) is 8.86. The zero-order valence-corrected chi connectivity index (χ0v) is 17.0. The molecule has 0 bridgehead atoms. The largest absolute Gasteiger partial charge is 0.373 e. The van der Waals surface area contributed by atoms with E-state index < -0.39 is 10.0 Å². The van der Waals surface area contributed by atoms with E-state index in [2.05, 4.69) is 5.32 Å². The van der Waals surface area contributed by atoms with Crippen LogP contribution in [0.15, 0.2) is 59.5 Å². The van der Waals surface area contributed by atoms with E-state index in [1.165, 1.54) is 23.5 Å². The summed E-state index contributed by atoms with van der Waals surface area (Å²) in [6, 6.07) is 15.9. The summed E-state index contributed by atoms with van der Waals surface area (Å²) in [4.78, 5) is 14.6. The summed E-state index contributed by atoms with van der Waals surface area (Å²) in [6.45, 7) is 4.70. The van der Waals surface area contributed by atoms with Crippen LogP contribution in [0.1, 0.15) is 24.2 Å². The Morgan fingerprint density at radius 1 is 1.04 bits per heavy atom. The van der Waals surface area contributed by atoms with Gasteiger partial charge in [-0.25, -0.2) is 8.42 Å². The molecule has 2 aromatic carbocycles. The van der Waals surface area contributed by atoms with Crippen molar-refractivity contribution >= 4 is 21.6 Å². The monoisotopic (exact) mass is 389 g/mol. The number of likely N-dealkylation sites (N-methyl/N-ethyl adjacent to an activating group) is 1. The first kappa shape index (κ1) is 20.9. The number of sulfonamides is 1. The Bertz CT molecular complexity index is 867. The van der Waals surface area contributed by atoms with E-state index in [-0.39, 0.29) is 16.8 Å². The first-order chi connectivity index (χ1) is 12.7. The molecular formula is C20H27N3O3S. The maximum Gasteiger partial charge on any atom is 0.251 e. The Balaban J connectivity index is 2.01. The fraction of sp³-hybridized carbons (Fsp3) is 0.350. The molecule has 0 heterocycles. The summed E-state index contributed by atoms with van der Waals surface area (Å²) in [5, 5.41) is 2.84. The van der Waals surface area contributed by atoms with Gasteiger partial charge in [0.1, 0.15) is 0 Å². The molecule has 1 N–H and O–H groups in total. The zero-order chi connectivity index (χ0) is 20.0. The molecule has 7 heteroatoms. The summed E-state index contributed by atoms with van der Waals surface area (Å²) in [5.41, 5.74) is 1.40. The fourth-order valence-electron chi connectivity index (χ4n) is 2.49. The van der Waals surface area contributed by atoms with Crippen LogP contribution in [-0.4, -0.2) is 51.9 Å². The number of hydrogen-bond acceptors (Lipinski definition) is 4. The molecule has 27 heavy (non-hydrogen) atoms. The van der Waals surface area contributed by atoms with Gasteiger partial charge in [0, 0.05) is 44.5 Å². The molecule has 0 radical (unpaired) electrons. The summed E-state index contributed by atoms with van der Waals surface area (Å²) >= 11 is 0. The maximum absolute atomic E-state index is 12.6. The molecule has 0 aliphatic heterocycles. The smallest absolute Gasteiger partial charge is 0.251 e. The van der Waals surface area contributed by atoms with Crippen molar-refractivity contribution in [3.05, 3.63) is 60.2 Å². The third kappa shape index (κ3) is 5.30. The molecule has 0 saturated carbocycles. The second-order valence-corrected chi connectivity index (χ2v) is 8.65. The standard InChI is InChI=1S/C20H27N3O3S/c1-16(2)23(4)27(25,26)19-12-8-9-17(15-19)20(24)21-13-14-22(3)18-10-6-5-7-11-18/h5-12,15-16H,13-14H2,1-4H3,(H,21,24). The van der Waals surface area contributed by atoms with Crippen molar-refractivity contribution in [2.45, 2.75) is 24.8 Å². The van der Waals surface area contributed by atoms with Crippen LogP contribution < -0.4 is 10.2 Å². The lowest BCUT2D eigenvalue weighted by Gasteiger charge is -2.21. The average Bonchev–Trinajstić information content (AvgIpc) is 2.67. The average molecular weight is 390 g/mol. The minimum absolute atomic E-state index is 0.118. The van der Waals surface area contributed by atoms with E-state index in [0.717, 1.165) is 5.69 Å². The predicted molar refractivity (Wildman–Crippen MR) is 109 cm³/mol. The molecule has 0 spiro atoms. The summed E-state index contributed by atoms with van der Waals surface area (Å²) in [7, 11) is -0.130. The van der Waals surface area contributed by atoms with Gasteiger partial charge in [-0.2, -0.15) is 4.31 Å². The van der Waals surface area contributed by atoms with Crippen LogP contribution in [0.2, 0.25) is 0 Å². The van der Waals surface area contributed by atoms with Gasteiger partial charge in [-0.3, -0.25) is 4.79 Å². The van der Waals surface area contributed by atoms with Crippen LogP contribution in [0.4, 0.5) is 5.69 Å². The molecule has 0 aromatic heterocycles. The van der Waals surface area contributed by atoms with E-state index >= 15 is 0 Å². The molecule has 0 aliphatic rings. The third-order valence-corrected chi connectivity index (χ3v) is 6.46. The van der Waals surface area contributed by atoms with Crippen LogP contribution in [0.3, 0.4) is 0 Å². The van der Waals surface area contributed by atoms with Gasteiger partial charge in [0.15, 0.2) is 0 Å². The van der Waals surface area contributed by atoms with Gasteiger partial charge in [0.2, 0.25) is 10.0 Å². The topological polar surface area (TPSA) is 69.7 Å². The zero-order valence-electron chi connectivity index (χ0n) is 16.2. The van der Waals surface area contributed by atoms with Crippen molar-refractivity contribution in [3.8, 4) is 0 Å². The minimum Gasteiger partial charge on any atom is -0.373 e. The molecule has 146 valence electrons. The highest BCUT2D eigenvalue weighted by atomic mass is 32.2. The van der Waals surface area contributed by atoms with Gasteiger partial charge >= 0.3 is 0 Å². The quantitative estimate of drug-likeness (QED) is 0.753. The van der Waals surface area contributed by atoms with E-state index in [1.807, 2.05) is 42.3 Å². The number of para-hydroxylation sites is 1. The van der Waals surface area contributed by atoms with Crippen molar-refractivity contribution in [3.63, 3.8) is 0 Å². The van der Waals surface area contributed by atoms with Gasteiger partial charge in [0.25, 0.3) is 5.91 Å².